The molecule has 0 amide bonds. The monoisotopic (exact) mass is 207 g/mol. The van der Waals surface area contributed by atoms with Gasteiger partial charge in [-0.25, -0.2) is 0 Å². The highest BCUT2D eigenvalue weighted by Gasteiger charge is 2.10. The van der Waals surface area contributed by atoms with Crippen LogP contribution in [0.3, 0.4) is 0 Å². The largest absolute Gasteiger partial charge is 0.492 e. The SMILES string of the molecule is C=C/C=C(\C=C/C)OCCN1CCCC1. The van der Waals surface area contributed by atoms with Crippen LogP contribution in [0.1, 0.15) is 19.8 Å². The summed E-state index contributed by atoms with van der Waals surface area (Å²) < 4.78 is 5.65. The Labute approximate surface area is 92.9 Å². The van der Waals surface area contributed by atoms with Crippen molar-refractivity contribution < 1.29 is 4.74 Å². The second kappa shape index (κ2) is 7.30. The van der Waals surface area contributed by atoms with Crippen LogP contribution in [0.25, 0.3) is 0 Å². The zero-order valence-corrected chi connectivity index (χ0v) is 9.61. The molecule has 0 atom stereocenters. The molecule has 0 bridgehead atoms. The van der Waals surface area contributed by atoms with Crippen molar-refractivity contribution in [3.05, 3.63) is 36.6 Å². The van der Waals surface area contributed by atoms with Gasteiger partial charge in [-0.15, -0.1) is 0 Å². The molecule has 1 rings (SSSR count). The summed E-state index contributed by atoms with van der Waals surface area (Å²) in [5.41, 5.74) is 0. The van der Waals surface area contributed by atoms with Gasteiger partial charge in [0, 0.05) is 6.54 Å². The minimum absolute atomic E-state index is 0.768. The number of ether oxygens (including phenoxy) is 1. The second-order valence-corrected chi connectivity index (χ2v) is 3.70. The Balaban J connectivity index is 2.21. The van der Waals surface area contributed by atoms with Crippen LogP contribution in [0.15, 0.2) is 36.6 Å². The van der Waals surface area contributed by atoms with Crippen LogP contribution in [0.2, 0.25) is 0 Å². The average molecular weight is 207 g/mol. The van der Waals surface area contributed by atoms with E-state index < -0.39 is 0 Å². The molecule has 1 aliphatic heterocycles. The molecule has 0 aromatic carbocycles. The molecule has 1 saturated heterocycles. The van der Waals surface area contributed by atoms with Gasteiger partial charge in [-0.2, -0.15) is 0 Å². The number of rotatable bonds is 6. The molecule has 0 aliphatic carbocycles. The van der Waals surface area contributed by atoms with Crippen molar-refractivity contribution in [2.45, 2.75) is 19.8 Å². The van der Waals surface area contributed by atoms with Crippen molar-refractivity contribution in [1.82, 2.24) is 4.90 Å². The quantitative estimate of drug-likeness (QED) is 0.490. The summed E-state index contributed by atoms with van der Waals surface area (Å²) in [6.45, 7) is 9.92. The lowest BCUT2D eigenvalue weighted by Gasteiger charge is -2.15. The van der Waals surface area contributed by atoms with E-state index in [9.17, 15) is 0 Å². The van der Waals surface area contributed by atoms with Gasteiger partial charge in [0.25, 0.3) is 0 Å². The lowest BCUT2D eigenvalue weighted by atomic mass is 10.4. The molecule has 1 aliphatic rings. The smallest absolute Gasteiger partial charge is 0.119 e. The Kier molecular flexibility index (Phi) is 5.86. The number of nitrogens with zero attached hydrogens (tertiary/aromatic N) is 1. The maximum atomic E-state index is 5.65. The van der Waals surface area contributed by atoms with Crippen molar-refractivity contribution in [2.24, 2.45) is 0 Å². The highest BCUT2D eigenvalue weighted by Crippen LogP contribution is 2.07. The summed E-state index contributed by atoms with van der Waals surface area (Å²) in [5.74, 6) is 0.895. The van der Waals surface area contributed by atoms with Crippen LogP contribution in [0.4, 0.5) is 0 Å². The molecule has 2 heteroatoms. The predicted molar refractivity (Wildman–Crippen MR) is 64.7 cm³/mol. The minimum atomic E-state index is 0.768. The van der Waals surface area contributed by atoms with E-state index in [1.54, 1.807) is 6.08 Å². The fourth-order valence-corrected chi connectivity index (χ4v) is 1.73. The van der Waals surface area contributed by atoms with Crippen LogP contribution in [0.5, 0.6) is 0 Å². The van der Waals surface area contributed by atoms with Crippen molar-refractivity contribution >= 4 is 0 Å². The lowest BCUT2D eigenvalue weighted by Crippen LogP contribution is -2.23. The number of likely N-dealkylation sites (tertiary alicyclic amines) is 1. The zero-order valence-electron chi connectivity index (χ0n) is 9.61. The molecule has 0 spiro atoms. The first-order valence-corrected chi connectivity index (χ1v) is 5.67. The highest BCUT2D eigenvalue weighted by atomic mass is 16.5. The normalized spacial score (nSPS) is 18.6. The molecule has 1 fully saturated rings. The van der Waals surface area contributed by atoms with Crippen LogP contribution in [-0.4, -0.2) is 31.1 Å². The van der Waals surface area contributed by atoms with Gasteiger partial charge in [-0.3, -0.25) is 4.90 Å². The van der Waals surface area contributed by atoms with Gasteiger partial charge in [0.2, 0.25) is 0 Å². The third kappa shape index (κ3) is 4.84. The van der Waals surface area contributed by atoms with E-state index in [1.807, 2.05) is 25.2 Å². The Bertz CT molecular complexity index is 237. The third-order valence-electron chi connectivity index (χ3n) is 2.49. The topological polar surface area (TPSA) is 12.5 Å². The first-order chi connectivity index (χ1) is 7.36. The minimum Gasteiger partial charge on any atom is -0.492 e. The van der Waals surface area contributed by atoms with Gasteiger partial charge in [-0.1, -0.05) is 18.7 Å². The molecule has 2 nitrogen and oxygen atoms in total. The molecule has 0 aromatic rings. The second-order valence-electron chi connectivity index (χ2n) is 3.70. The van der Waals surface area contributed by atoms with Gasteiger partial charge < -0.3 is 4.74 Å². The van der Waals surface area contributed by atoms with Gasteiger partial charge in [0.05, 0.1) is 0 Å². The molecular weight excluding hydrogens is 186 g/mol. The zero-order chi connectivity index (χ0) is 10.9. The molecule has 0 saturated carbocycles. The Morgan fingerprint density at radius 2 is 2.13 bits per heavy atom. The number of allylic oxidation sites excluding steroid dienone is 4. The van der Waals surface area contributed by atoms with E-state index in [-0.39, 0.29) is 0 Å². The van der Waals surface area contributed by atoms with Crippen LogP contribution in [-0.2, 0) is 4.74 Å². The summed E-state index contributed by atoms with van der Waals surface area (Å²) >= 11 is 0. The molecule has 0 N–H and O–H groups in total. The lowest BCUT2D eigenvalue weighted by molar-refractivity contribution is 0.180. The maximum absolute atomic E-state index is 5.65. The predicted octanol–water partition coefficient (Wildman–Crippen LogP) is 2.74. The van der Waals surface area contributed by atoms with Gasteiger partial charge in [-0.05, 0) is 45.0 Å². The van der Waals surface area contributed by atoms with E-state index in [0.29, 0.717) is 0 Å². The maximum Gasteiger partial charge on any atom is 0.119 e. The van der Waals surface area contributed by atoms with Crippen LogP contribution < -0.4 is 0 Å². The van der Waals surface area contributed by atoms with Crippen LogP contribution in [0, 0.1) is 0 Å². The average Bonchev–Trinajstić information content (AvgIpc) is 2.71. The van der Waals surface area contributed by atoms with E-state index in [2.05, 4.69) is 11.5 Å². The van der Waals surface area contributed by atoms with Crippen molar-refractivity contribution in [2.75, 3.05) is 26.2 Å². The molecule has 0 unspecified atom stereocenters. The molecule has 15 heavy (non-hydrogen) atoms. The van der Waals surface area contributed by atoms with Gasteiger partial charge in [0.15, 0.2) is 0 Å². The van der Waals surface area contributed by atoms with E-state index in [1.165, 1.54) is 25.9 Å². The van der Waals surface area contributed by atoms with Crippen molar-refractivity contribution in [1.29, 1.82) is 0 Å². The van der Waals surface area contributed by atoms with Crippen LogP contribution >= 0.6 is 0 Å². The molecule has 0 radical (unpaired) electrons. The van der Waals surface area contributed by atoms with E-state index in [4.69, 9.17) is 4.74 Å². The Morgan fingerprint density at radius 1 is 1.40 bits per heavy atom. The molecule has 0 aromatic heterocycles. The molecular formula is C13H21NO. The first-order valence-electron chi connectivity index (χ1n) is 5.67. The highest BCUT2D eigenvalue weighted by molar-refractivity contribution is 5.16. The van der Waals surface area contributed by atoms with Crippen molar-refractivity contribution in [3.8, 4) is 0 Å². The van der Waals surface area contributed by atoms with Gasteiger partial charge >= 0.3 is 0 Å². The number of hydrogen-bond donors (Lipinski definition) is 0. The summed E-state index contributed by atoms with van der Waals surface area (Å²) in [5, 5.41) is 0. The van der Waals surface area contributed by atoms with Crippen molar-refractivity contribution in [3.63, 3.8) is 0 Å². The standard InChI is InChI=1S/C13H21NO/c1-3-7-13(8-4-2)15-12-11-14-9-5-6-10-14/h3-4,7-8H,1,5-6,9-12H2,2H3/b8-4-,13-7+. The molecule has 1 heterocycles. The first kappa shape index (κ1) is 12.1. The third-order valence-corrected chi connectivity index (χ3v) is 2.49. The summed E-state index contributed by atoms with van der Waals surface area (Å²) in [6.07, 6.45) is 10.3. The summed E-state index contributed by atoms with van der Waals surface area (Å²) in [4.78, 5) is 2.45. The number of hydrogen-bond acceptors (Lipinski definition) is 2. The fourth-order valence-electron chi connectivity index (χ4n) is 1.73. The summed E-state index contributed by atoms with van der Waals surface area (Å²) in [6, 6.07) is 0. The Morgan fingerprint density at radius 3 is 2.73 bits per heavy atom. The van der Waals surface area contributed by atoms with Gasteiger partial charge in [0.1, 0.15) is 12.4 Å². The fraction of sp³-hybridized carbons (Fsp3) is 0.538. The van der Waals surface area contributed by atoms with E-state index in [0.717, 1.165) is 18.9 Å². The molecule has 84 valence electrons. The van der Waals surface area contributed by atoms with E-state index >= 15 is 0 Å². The Hall–Kier alpha value is -1.02. The summed E-state index contributed by atoms with van der Waals surface area (Å²) in [7, 11) is 0.